The van der Waals surface area contributed by atoms with Crippen molar-refractivity contribution in [2.24, 2.45) is 0 Å². The van der Waals surface area contributed by atoms with Crippen molar-refractivity contribution in [2.75, 3.05) is 7.05 Å². The van der Waals surface area contributed by atoms with Gasteiger partial charge in [0.05, 0.1) is 12.2 Å². The van der Waals surface area contributed by atoms with Crippen LogP contribution in [0.5, 0.6) is 0 Å². The largest absolute Gasteiger partial charge is 0.344 e. The predicted octanol–water partition coefficient (Wildman–Crippen LogP) is 2.41. The molecule has 3 heteroatoms. The first-order valence-electron chi connectivity index (χ1n) is 5.48. The van der Waals surface area contributed by atoms with Crippen LogP contribution in [0.25, 0.3) is 11.3 Å². The number of benzene rings is 1. The van der Waals surface area contributed by atoms with E-state index < -0.39 is 0 Å². The third-order valence-corrected chi connectivity index (χ3v) is 2.60. The van der Waals surface area contributed by atoms with E-state index in [0.29, 0.717) is 0 Å². The molecule has 1 aromatic carbocycles. The molecule has 0 fully saturated rings. The summed E-state index contributed by atoms with van der Waals surface area (Å²) in [5, 5.41) is 3.09. The summed E-state index contributed by atoms with van der Waals surface area (Å²) in [7, 11) is 1.92. The minimum atomic E-state index is 0.771. The molecule has 0 aliphatic carbocycles. The zero-order valence-electron chi connectivity index (χ0n) is 9.96. The lowest BCUT2D eigenvalue weighted by molar-refractivity contribution is 0.770. The summed E-state index contributed by atoms with van der Waals surface area (Å²) in [4.78, 5) is 7.87. The van der Waals surface area contributed by atoms with Crippen LogP contribution in [0.3, 0.4) is 0 Å². The molecule has 84 valence electrons. The smallest absolute Gasteiger partial charge is 0.121 e. The van der Waals surface area contributed by atoms with Gasteiger partial charge in [-0.05, 0) is 20.9 Å². The van der Waals surface area contributed by atoms with Gasteiger partial charge >= 0.3 is 0 Å². The molecule has 0 saturated heterocycles. The molecule has 0 amide bonds. The van der Waals surface area contributed by atoms with Crippen molar-refractivity contribution in [3.05, 3.63) is 41.3 Å². The van der Waals surface area contributed by atoms with E-state index in [0.717, 1.165) is 23.8 Å². The fraction of sp³-hybridized carbons (Fsp3) is 0.308. The summed E-state index contributed by atoms with van der Waals surface area (Å²) < 4.78 is 0. The molecule has 0 radical (unpaired) electrons. The topological polar surface area (TPSA) is 40.7 Å². The van der Waals surface area contributed by atoms with Crippen LogP contribution in [-0.2, 0) is 6.54 Å². The predicted molar refractivity (Wildman–Crippen MR) is 66.3 cm³/mol. The summed E-state index contributed by atoms with van der Waals surface area (Å²) in [5.41, 5.74) is 4.61. The van der Waals surface area contributed by atoms with Crippen LogP contribution in [0.2, 0.25) is 0 Å². The third kappa shape index (κ3) is 2.14. The number of hydrogen-bond acceptors (Lipinski definition) is 2. The molecular weight excluding hydrogens is 198 g/mol. The summed E-state index contributed by atoms with van der Waals surface area (Å²) in [6, 6.07) is 8.45. The number of nitrogens with one attached hydrogen (secondary N) is 2. The van der Waals surface area contributed by atoms with Crippen molar-refractivity contribution in [3.8, 4) is 11.3 Å². The van der Waals surface area contributed by atoms with Crippen LogP contribution in [0.4, 0.5) is 0 Å². The second-order valence-corrected chi connectivity index (χ2v) is 4.05. The number of H-pyrrole nitrogens is 1. The van der Waals surface area contributed by atoms with Crippen molar-refractivity contribution < 1.29 is 0 Å². The molecule has 2 rings (SSSR count). The van der Waals surface area contributed by atoms with Crippen LogP contribution in [0.15, 0.2) is 24.3 Å². The first-order chi connectivity index (χ1) is 7.70. The summed E-state index contributed by atoms with van der Waals surface area (Å²) in [5.74, 6) is 0.982. The monoisotopic (exact) mass is 215 g/mol. The molecule has 0 bridgehead atoms. The molecule has 0 aliphatic heterocycles. The van der Waals surface area contributed by atoms with E-state index >= 15 is 0 Å². The number of aryl methyl sites for hydroxylation is 2. The Morgan fingerprint density at radius 3 is 2.50 bits per heavy atom. The average Bonchev–Trinajstić information content (AvgIpc) is 2.61. The van der Waals surface area contributed by atoms with Gasteiger partial charge in [-0.15, -0.1) is 0 Å². The van der Waals surface area contributed by atoms with Crippen LogP contribution >= 0.6 is 0 Å². The maximum atomic E-state index is 4.58. The average molecular weight is 215 g/mol. The zero-order chi connectivity index (χ0) is 11.5. The lowest BCUT2D eigenvalue weighted by Gasteiger charge is -1.98. The standard InChI is InChI=1S/C13H17N3/c1-9-4-6-11(7-5-9)13-10(2)15-12(16-13)8-14-3/h4-7,14H,8H2,1-3H3,(H,15,16). The first kappa shape index (κ1) is 10.9. The van der Waals surface area contributed by atoms with Crippen LogP contribution in [0, 0.1) is 13.8 Å². The van der Waals surface area contributed by atoms with E-state index in [2.05, 4.69) is 53.4 Å². The number of imidazole rings is 1. The quantitative estimate of drug-likeness (QED) is 0.825. The second-order valence-electron chi connectivity index (χ2n) is 4.05. The highest BCUT2D eigenvalue weighted by atomic mass is 15.0. The van der Waals surface area contributed by atoms with Crippen molar-refractivity contribution >= 4 is 0 Å². The SMILES string of the molecule is CNCc1nc(-c2ccc(C)cc2)c(C)[nH]1. The van der Waals surface area contributed by atoms with Gasteiger partial charge in [-0.2, -0.15) is 0 Å². The molecule has 1 aromatic heterocycles. The lowest BCUT2D eigenvalue weighted by Crippen LogP contribution is -2.06. The first-order valence-corrected chi connectivity index (χ1v) is 5.48. The number of aromatic amines is 1. The Balaban J connectivity index is 2.36. The van der Waals surface area contributed by atoms with Gasteiger partial charge < -0.3 is 10.3 Å². The van der Waals surface area contributed by atoms with E-state index in [1.807, 2.05) is 7.05 Å². The second kappa shape index (κ2) is 4.49. The highest BCUT2D eigenvalue weighted by Crippen LogP contribution is 2.21. The Kier molecular flexibility index (Phi) is 3.06. The fourth-order valence-corrected chi connectivity index (χ4v) is 1.77. The minimum Gasteiger partial charge on any atom is -0.344 e. The number of aromatic nitrogens is 2. The van der Waals surface area contributed by atoms with Crippen LogP contribution < -0.4 is 5.32 Å². The Morgan fingerprint density at radius 1 is 1.19 bits per heavy atom. The van der Waals surface area contributed by atoms with E-state index in [-0.39, 0.29) is 0 Å². The molecule has 2 N–H and O–H groups in total. The molecule has 0 aliphatic rings. The van der Waals surface area contributed by atoms with Gasteiger partial charge in [-0.25, -0.2) is 4.98 Å². The molecule has 0 unspecified atom stereocenters. The highest BCUT2D eigenvalue weighted by Gasteiger charge is 2.07. The van der Waals surface area contributed by atoms with Gasteiger partial charge in [0, 0.05) is 11.3 Å². The van der Waals surface area contributed by atoms with E-state index in [9.17, 15) is 0 Å². The Bertz CT molecular complexity index is 468. The summed E-state index contributed by atoms with van der Waals surface area (Å²) >= 11 is 0. The van der Waals surface area contributed by atoms with Gasteiger partial charge in [-0.3, -0.25) is 0 Å². The van der Waals surface area contributed by atoms with Gasteiger partial charge in [0.15, 0.2) is 0 Å². The maximum Gasteiger partial charge on any atom is 0.121 e. The highest BCUT2D eigenvalue weighted by molar-refractivity contribution is 5.62. The minimum absolute atomic E-state index is 0.771. The zero-order valence-corrected chi connectivity index (χ0v) is 9.96. The van der Waals surface area contributed by atoms with Crippen LogP contribution in [0.1, 0.15) is 17.1 Å². The maximum absolute atomic E-state index is 4.58. The summed E-state index contributed by atoms with van der Waals surface area (Å²) in [6.07, 6.45) is 0. The van der Waals surface area contributed by atoms with Crippen molar-refractivity contribution in [1.29, 1.82) is 0 Å². The van der Waals surface area contributed by atoms with E-state index in [1.165, 1.54) is 11.1 Å². The van der Waals surface area contributed by atoms with Crippen LogP contribution in [-0.4, -0.2) is 17.0 Å². The van der Waals surface area contributed by atoms with Gasteiger partial charge in [0.1, 0.15) is 5.82 Å². The molecule has 0 spiro atoms. The van der Waals surface area contributed by atoms with Gasteiger partial charge in [0.25, 0.3) is 0 Å². The molecule has 0 saturated carbocycles. The van der Waals surface area contributed by atoms with Crippen molar-refractivity contribution in [1.82, 2.24) is 15.3 Å². The van der Waals surface area contributed by atoms with Gasteiger partial charge in [0.2, 0.25) is 0 Å². The van der Waals surface area contributed by atoms with Crippen molar-refractivity contribution in [3.63, 3.8) is 0 Å². The Morgan fingerprint density at radius 2 is 1.88 bits per heavy atom. The Labute approximate surface area is 95.9 Å². The molecule has 2 aromatic rings. The molecule has 16 heavy (non-hydrogen) atoms. The molecule has 3 nitrogen and oxygen atoms in total. The summed E-state index contributed by atoms with van der Waals surface area (Å²) in [6.45, 7) is 4.92. The molecule has 0 atom stereocenters. The molecular formula is C13H17N3. The molecule has 1 heterocycles. The number of hydrogen-bond donors (Lipinski definition) is 2. The lowest BCUT2D eigenvalue weighted by atomic mass is 10.1. The van der Waals surface area contributed by atoms with E-state index in [4.69, 9.17) is 0 Å². The van der Waals surface area contributed by atoms with Crippen molar-refractivity contribution in [2.45, 2.75) is 20.4 Å². The number of nitrogens with zero attached hydrogens (tertiary/aromatic N) is 1. The van der Waals surface area contributed by atoms with Gasteiger partial charge in [-0.1, -0.05) is 29.8 Å². The Hall–Kier alpha value is -1.61. The number of rotatable bonds is 3. The fourth-order valence-electron chi connectivity index (χ4n) is 1.77. The van der Waals surface area contributed by atoms with E-state index in [1.54, 1.807) is 0 Å². The third-order valence-electron chi connectivity index (χ3n) is 2.60. The normalized spacial score (nSPS) is 10.7.